The first-order valence-corrected chi connectivity index (χ1v) is 12.2. The highest BCUT2D eigenvalue weighted by atomic mass is 35.5. The van der Waals surface area contributed by atoms with Gasteiger partial charge in [-0.3, -0.25) is 19.0 Å². The molecule has 1 saturated heterocycles. The van der Waals surface area contributed by atoms with Crippen molar-refractivity contribution >= 4 is 22.5 Å². The molecule has 1 aliphatic carbocycles. The highest BCUT2D eigenvalue weighted by Gasteiger charge is 2.23. The normalized spacial score (nSPS) is 15.1. The Balaban J connectivity index is 0.000000166. The lowest BCUT2D eigenvalue weighted by molar-refractivity contribution is 0.0968. The van der Waals surface area contributed by atoms with Crippen molar-refractivity contribution in [3.05, 3.63) is 75.9 Å². The Kier molecular flexibility index (Phi) is 8.25. The topological polar surface area (TPSA) is 74.8 Å². The first-order valence-electron chi connectivity index (χ1n) is 11.8. The summed E-state index contributed by atoms with van der Waals surface area (Å²) in [7, 11) is 1.65. The van der Waals surface area contributed by atoms with E-state index in [1.165, 1.54) is 55.0 Å². The largest absolute Gasteiger partial charge is 0.381 e. The molecule has 35 heavy (non-hydrogen) atoms. The van der Waals surface area contributed by atoms with E-state index in [0.29, 0.717) is 27.4 Å². The van der Waals surface area contributed by atoms with E-state index in [-0.39, 0.29) is 11.1 Å². The van der Waals surface area contributed by atoms with Crippen LogP contribution in [-0.2, 0) is 11.8 Å². The van der Waals surface area contributed by atoms with Gasteiger partial charge in [-0.15, -0.1) is 0 Å². The van der Waals surface area contributed by atoms with Crippen molar-refractivity contribution in [1.82, 2.24) is 24.3 Å². The molecule has 0 radical (unpaired) electrons. The molecule has 2 fully saturated rings. The molecule has 0 N–H and O–H groups in total. The summed E-state index contributed by atoms with van der Waals surface area (Å²) in [6, 6.07) is 8.62. The molecule has 6 rings (SSSR count). The first-order chi connectivity index (χ1) is 17.0. The summed E-state index contributed by atoms with van der Waals surface area (Å²) in [5, 5.41) is 4.80. The predicted octanol–water partition coefficient (Wildman–Crippen LogP) is 5.50. The van der Waals surface area contributed by atoms with E-state index >= 15 is 0 Å². The Morgan fingerprint density at radius 3 is 2.46 bits per heavy atom. The van der Waals surface area contributed by atoms with E-state index in [0.717, 1.165) is 19.3 Å². The highest BCUT2D eigenvalue weighted by Crippen LogP contribution is 2.33. The van der Waals surface area contributed by atoms with E-state index in [1.54, 1.807) is 26.1 Å². The number of aryl methyl sites for hydroxylation is 1. The minimum Gasteiger partial charge on any atom is -0.381 e. The fourth-order valence-corrected chi connectivity index (χ4v) is 3.86. The third-order valence-corrected chi connectivity index (χ3v) is 6.16. The van der Waals surface area contributed by atoms with Crippen molar-refractivity contribution in [3.63, 3.8) is 0 Å². The van der Waals surface area contributed by atoms with E-state index in [2.05, 4.69) is 15.1 Å². The number of ether oxygens (including phenoxy) is 1. The van der Waals surface area contributed by atoms with Gasteiger partial charge < -0.3 is 4.74 Å². The number of halogens is 2. The van der Waals surface area contributed by atoms with Crippen LogP contribution in [0.5, 0.6) is 0 Å². The van der Waals surface area contributed by atoms with Gasteiger partial charge >= 0.3 is 0 Å². The Labute approximate surface area is 208 Å². The van der Waals surface area contributed by atoms with E-state index < -0.39 is 5.82 Å². The van der Waals surface area contributed by atoms with Gasteiger partial charge in [-0.1, -0.05) is 11.6 Å². The second-order valence-electron chi connectivity index (χ2n) is 8.59. The standard InChI is InChI=1S/C15H11ClFN3O.C6H8N2.C5H10O/c1-8-19-14-11(15(21)20(8)2)5-6-18-13(14)10-4-3-9(16)7-12(10)17;1-4-7-8(5-1)6-2-3-6;1-2-4-6-5-3-1/h3-7H,1-2H3;1,4-6H,2-3H2;1-5H2. The van der Waals surface area contributed by atoms with Crippen molar-refractivity contribution in [2.75, 3.05) is 13.2 Å². The maximum Gasteiger partial charge on any atom is 0.261 e. The van der Waals surface area contributed by atoms with Gasteiger partial charge in [-0.2, -0.15) is 5.10 Å². The second kappa shape index (κ2) is 11.6. The predicted molar refractivity (Wildman–Crippen MR) is 135 cm³/mol. The smallest absolute Gasteiger partial charge is 0.261 e. The zero-order chi connectivity index (χ0) is 24.8. The number of fused-ring (bicyclic) bond motifs is 1. The highest BCUT2D eigenvalue weighted by molar-refractivity contribution is 6.30. The van der Waals surface area contributed by atoms with Crippen molar-refractivity contribution in [2.45, 2.75) is 45.1 Å². The summed E-state index contributed by atoms with van der Waals surface area (Å²) < 4.78 is 22.7. The molecule has 0 atom stereocenters. The molecule has 2 aliphatic rings. The molecule has 0 spiro atoms. The Hall–Kier alpha value is -3.10. The average molecular weight is 498 g/mol. The first kappa shape index (κ1) is 25.0. The monoisotopic (exact) mass is 497 g/mol. The van der Waals surface area contributed by atoms with Crippen LogP contribution in [-0.4, -0.2) is 37.5 Å². The Morgan fingerprint density at radius 1 is 1.11 bits per heavy atom. The van der Waals surface area contributed by atoms with Crippen LogP contribution < -0.4 is 5.56 Å². The van der Waals surface area contributed by atoms with Crippen LogP contribution in [0.15, 0.2) is 53.7 Å². The molecule has 4 heterocycles. The maximum atomic E-state index is 14.1. The third-order valence-electron chi connectivity index (χ3n) is 5.93. The van der Waals surface area contributed by atoms with Crippen LogP contribution in [0.4, 0.5) is 4.39 Å². The quantitative estimate of drug-likeness (QED) is 0.365. The molecule has 1 aromatic carbocycles. The van der Waals surface area contributed by atoms with Gasteiger partial charge in [0.1, 0.15) is 17.2 Å². The number of benzene rings is 1. The molecule has 1 saturated carbocycles. The van der Waals surface area contributed by atoms with Crippen LogP contribution in [0.2, 0.25) is 5.02 Å². The number of nitrogens with zero attached hydrogens (tertiary/aromatic N) is 5. The van der Waals surface area contributed by atoms with Crippen LogP contribution in [0.3, 0.4) is 0 Å². The molecule has 7 nitrogen and oxygen atoms in total. The zero-order valence-corrected chi connectivity index (χ0v) is 20.7. The van der Waals surface area contributed by atoms with Crippen LogP contribution in [0, 0.1) is 12.7 Å². The van der Waals surface area contributed by atoms with Gasteiger partial charge in [0.25, 0.3) is 5.56 Å². The summed E-state index contributed by atoms with van der Waals surface area (Å²) in [6.07, 6.45) is 11.9. The van der Waals surface area contributed by atoms with Crippen molar-refractivity contribution in [1.29, 1.82) is 0 Å². The van der Waals surface area contributed by atoms with E-state index in [4.69, 9.17) is 16.3 Å². The van der Waals surface area contributed by atoms with Gasteiger partial charge in [0.15, 0.2) is 0 Å². The summed E-state index contributed by atoms with van der Waals surface area (Å²) in [5.41, 5.74) is 0.808. The van der Waals surface area contributed by atoms with Gasteiger partial charge in [0.05, 0.1) is 17.1 Å². The Bertz CT molecular complexity index is 1320. The number of aromatic nitrogens is 5. The molecule has 0 unspecified atom stereocenters. The Morgan fingerprint density at radius 2 is 1.89 bits per heavy atom. The summed E-state index contributed by atoms with van der Waals surface area (Å²) in [5.74, 6) is 0.0405. The third kappa shape index (κ3) is 6.32. The molecule has 4 aromatic rings. The minimum atomic E-state index is -0.498. The molecule has 9 heteroatoms. The van der Waals surface area contributed by atoms with Gasteiger partial charge in [0.2, 0.25) is 0 Å². The van der Waals surface area contributed by atoms with Gasteiger partial charge in [-0.05, 0) is 69.4 Å². The fourth-order valence-electron chi connectivity index (χ4n) is 3.71. The van der Waals surface area contributed by atoms with Gasteiger partial charge in [0, 0.05) is 49.4 Å². The van der Waals surface area contributed by atoms with Crippen molar-refractivity contribution in [3.8, 4) is 11.3 Å². The molecule has 1 aliphatic heterocycles. The van der Waals surface area contributed by atoms with E-state index in [1.807, 2.05) is 23.1 Å². The number of hydrogen-bond donors (Lipinski definition) is 0. The van der Waals surface area contributed by atoms with Crippen molar-refractivity contribution < 1.29 is 9.13 Å². The number of hydrogen-bond acceptors (Lipinski definition) is 5. The number of rotatable bonds is 2. The molecular weight excluding hydrogens is 469 g/mol. The van der Waals surface area contributed by atoms with Crippen LogP contribution in [0.1, 0.15) is 44.0 Å². The molecule has 0 bridgehead atoms. The molecule has 0 amide bonds. The van der Waals surface area contributed by atoms with Gasteiger partial charge in [-0.25, -0.2) is 9.37 Å². The average Bonchev–Trinajstić information content (AvgIpc) is 3.58. The van der Waals surface area contributed by atoms with Crippen LogP contribution >= 0.6 is 11.6 Å². The van der Waals surface area contributed by atoms with E-state index in [9.17, 15) is 9.18 Å². The summed E-state index contributed by atoms with van der Waals surface area (Å²) in [4.78, 5) is 20.8. The lowest BCUT2D eigenvalue weighted by atomic mass is 10.1. The summed E-state index contributed by atoms with van der Waals surface area (Å²) >= 11 is 5.76. The molecule has 184 valence electrons. The zero-order valence-electron chi connectivity index (χ0n) is 20.0. The van der Waals surface area contributed by atoms with Crippen molar-refractivity contribution in [2.24, 2.45) is 7.05 Å². The maximum absolute atomic E-state index is 14.1. The lowest BCUT2D eigenvalue weighted by Crippen LogP contribution is -2.21. The molecular formula is C26H29ClFN5O2. The SMILES string of the molecule is C1CCOCC1.Cc1nc2c(-c3ccc(Cl)cc3F)nccc2c(=O)n1C.c1cnn(C2CC2)c1. The minimum absolute atomic E-state index is 0.185. The summed E-state index contributed by atoms with van der Waals surface area (Å²) in [6.45, 7) is 3.72. The number of pyridine rings is 1. The van der Waals surface area contributed by atoms with Crippen LogP contribution in [0.25, 0.3) is 22.2 Å². The lowest BCUT2D eigenvalue weighted by Gasteiger charge is -2.09. The fraction of sp³-hybridized carbons (Fsp3) is 0.385. The second-order valence-corrected chi connectivity index (χ2v) is 9.03. The molecule has 3 aromatic heterocycles.